The molecule has 0 aromatic heterocycles. The minimum absolute atomic E-state index is 0.182. The Morgan fingerprint density at radius 2 is 1.53 bits per heavy atom. The molecule has 2 unspecified atom stereocenters. The number of anilines is 1. The molecule has 2 aliphatic heterocycles. The lowest BCUT2D eigenvalue weighted by atomic mass is 9.94. The number of rotatable bonds is 4. The first-order valence-corrected chi connectivity index (χ1v) is 11.9. The van der Waals surface area contributed by atoms with Crippen molar-refractivity contribution in [2.75, 3.05) is 25.5 Å². The highest BCUT2D eigenvalue weighted by molar-refractivity contribution is 7.89. The predicted molar refractivity (Wildman–Crippen MR) is 119 cm³/mol. The molecule has 2 aromatic carbocycles. The Hall–Kier alpha value is -3.04. The van der Waals surface area contributed by atoms with E-state index in [2.05, 4.69) is 19.2 Å². The summed E-state index contributed by atoms with van der Waals surface area (Å²) in [5.41, 5.74) is 1.11. The number of amides is 3. The number of piperidine rings is 1. The molecule has 8 nitrogen and oxygen atoms in total. The van der Waals surface area contributed by atoms with E-state index in [1.54, 1.807) is 0 Å². The maximum Gasteiger partial charge on any atom is 0.261 e. The van der Waals surface area contributed by atoms with Crippen molar-refractivity contribution in [3.8, 4) is 0 Å². The number of fused-ring (bicyclic) bond motifs is 1. The number of carbonyl (C=O) groups excluding carboxylic acids is 3. The minimum Gasteiger partial charge on any atom is -0.322 e. The second-order valence-corrected chi connectivity index (χ2v) is 10.6. The number of imide groups is 1. The van der Waals surface area contributed by atoms with Gasteiger partial charge >= 0.3 is 0 Å². The molecule has 9 heteroatoms. The van der Waals surface area contributed by atoms with Crippen LogP contribution in [-0.2, 0) is 10.0 Å². The van der Waals surface area contributed by atoms with Crippen molar-refractivity contribution in [3.63, 3.8) is 0 Å². The molecule has 1 fully saturated rings. The predicted octanol–water partition coefficient (Wildman–Crippen LogP) is 2.83. The molecule has 0 bridgehead atoms. The summed E-state index contributed by atoms with van der Waals surface area (Å²) < 4.78 is 27.5. The van der Waals surface area contributed by atoms with E-state index in [1.807, 2.05) is 0 Å². The number of nitrogens with one attached hydrogen (secondary N) is 1. The van der Waals surface area contributed by atoms with Crippen molar-refractivity contribution in [1.82, 2.24) is 9.21 Å². The number of hydrogen-bond acceptors (Lipinski definition) is 5. The number of carbonyl (C=O) groups is 3. The molecule has 0 aliphatic carbocycles. The van der Waals surface area contributed by atoms with Gasteiger partial charge in [0.05, 0.1) is 16.0 Å². The summed E-state index contributed by atoms with van der Waals surface area (Å²) in [6.07, 6.45) is 1.01. The maximum atomic E-state index is 13.0. The first-order valence-electron chi connectivity index (χ1n) is 10.5. The van der Waals surface area contributed by atoms with Gasteiger partial charge in [-0.1, -0.05) is 13.8 Å². The van der Waals surface area contributed by atoms with Crippen LogP contribution in [0.1, 0.15) is 51.3 Å². The van der Waals surface area contributed by atoms with Crippen LogP contribution in [0.4, 0.5) is 5.69 Å². The van der Waals surface area contributed by atoms with Crippen molar-refractivity contribution in [2.45, 2.75) is 25.2 Å². The van der Waals surface area contributed by atoms with Crippen LogP contribution >= 0.6 is 0 Å². The van der Waals surface area contributed by atoms with Gasteiger partial charge in [-0.15, -0.1) is 0 Å². The highest BCUT2D eigenvalue weighted by Crippen LogP contribution is 2.27. The van der Waals surface area contributed by atoms with Crippen molar-refractivity contribution < 1.29 is 22.8 Å². The van der Waals surface area contributed by atoms with Gasteiger partial charge in [-0.3, -0.25) is 19.3 Å². The van der Waals surface area contributed by atoms with Gasteiger partial charge in [-0.2, -0.15) is 4.31 Å². The molecule has 32 heavy (non-hydrogen) atoms. The SMILES string of the molecule is CC1CC(C)CN(S(=O)(=O)c2ccc(NC(=O)c3ccc4c(c3)C(=O)N(C)C4=O)cc2)C1. The molecule has 2 heterocycles. The third-order valence-electron chi connectivity index (χ3n) is 5.94. The van der Waals surface area contributed by atoms with E-state index in [0.717, 1.165) is 11.3 Å². The Balaban J connectivity index is 1.49. The number of nitrogens with zero attached hydrogens (tertiary/aromatic N) is 2. The summed E-state index contributed by atoms with van der Waals surface area (Å²) in [4.78, 5) is 38.0. The van der Waals surface area contributed by atoms with E-state index in [4.69, 9.17) is 0 Å². The van der Waals surface area contributed by atoms with E-state index in [1.165, 1.54) is 53.8 Å². The second kappa shape index (κ2) is 8.14. The Labute approximate surface area is 187 Å². The van der Waals surface area contributed by atoms with Gasteiger partial charge in [0.25, 0.3) is 17.7 Å². The molecular weight excluding hydrogens is 430 g/mol. The Morgan fingerprint density at radius 1 is 0.938 bits per heavy atom. The monoisotopic (exact) mass is 455 g/mol. The molecule has 3 amide bonds. The highest BCUT2D eigenvalue weighted by Gasteiger charge is 2.33. The summed E-state index contributed by atoms with van der Waals surface area (Å²) >= 11 is 0. The topological polar surface area (TPSA) is 104 Å². The number of sulfonamides is 1. The molecule has 2 aliphatic rings. The zero-order valence-electron chi connectivity index (χ0n) is 18.2. The molecule has 2 aromatic rings. The summed E-state index contributed by atoms with van der Waals surface area (Å²) in [6.45, 7) is 5.11. The lowest BCUT2D eigenvalue weighted by molar-refractivity contribution is 0.0693. The van der Waals surface area contributed by atoms with E-state index >= 15 is 0 Å². The maximum absolute atomic E-state index is 13.0. The standard InChI is InChI=1S/C23H25N3O5S/c1-14-10-15(2)13-26(12-14)32(30,31)18-7-5-17(6-8-18)24-21(27)16-4-9-19-20(11-16)23(29)25(3)22(19)28/h4-9,11,14-15H,10,12-13H2,1-3H3,(H,24,27). The molecule has 0 radical (unpaired) electrons. The van der Waals surface area contributed by atoms with Crippen LogP contribution in [-0.4, -0.2) is 55.5 Å². The van der Waals surface area contributed by atoms with Crippen LogP contribution in [0.3, 0.4) is 0 Å². The summed E-state index contributed by atoms with van der Waals surface area (Å²) in [5.74, 6) is -0.693. The molecule has 0 saturated carbocycles. The van der Waals surface area contributed by atoms with Crippen LogP contribution in [0.5, 0.6) is 0 Å². The Morgan fingerprint density at radius 3 is 2.16 bits per heavy atom. The minimum atomic E-state index is -3.60. The van der Waals surface area contributed by atoms with Crippen LogP contribution in [0.15, 0.2) is 47.4 Å². The normalized spacial score (nSPS) is 21.5. The van der Waals surface area contributed by atoms with Crippen LogP contribution in [0.25, 0.3) is 0 Å². The lowest BCUT2D eigenvalue weighted by Gasteiger charge is -2.34. The van der Waals surface area contributed by atoms with Crippen molar-refractivity contribution in [2.24, 2.45) is 11.8 Å². The quantitative estimate of drug-likeness (QED) is 0.714. The van der Waals surface area contributed by atoms with E-state index in [0.29, 0.717) is 30.6 Å². The number of benzene rings is 2. The lowest BCUT2D eigenvalue weighted by Crippen LogP contribution is -2.42. The molecule has 0 spiro atoms. The number of hydrogen-bond donors (Lipinski definition) is 1. The average molecular weight is 456 g/mol. The van der Waals surface area contributed by atoms with Crippen molar-refractivity contribution in [1.29, 1.82) is 0 Å². The first kappa shape index (κ1) is 22.2. The Kier molecular flexibility index (Phi) is 5.64. The fraction of sp³-hybridized carbons (Fsp3) is 0.348. The summed E-state index contributed by atoms with van der Waals surface area (Å²) in [7, 11) is -2.21. The zero-order valence-corrected chi connectivity index (χ0v) is 19.0. The van der Waals surface area contributed by atoms with Crippen molar-refractivity contribution in [3.05, 3.63) is 59.2 Å². The highest BCUT2D eigenvalue weighted by atomic mass is 32.2. The Bertz CT molecular complexity index is 1200. The fourth-order valence-corrected chi connectivity index (χ4v) is 6.05. The molecular formula is C23H25N3O5S. The van der Waals surface area contributed by atoms with E-state index in [9.17, 15) is 22.8 Å². The third-order valence-corrected chi connectivity index (χ3v) is 7.78. The van der Waals surface area contributed by atoms with Crippen LogP contribution in [0.2, 0.25) is 0 Å². The van der Waals surface area contributed by atoms with Gasteiger partial charge in [-0.05, 0) is 60.7 Å². The fourth-order valence-electron chi connectivity index (χ4n) is 4.37. The van der Waals surface area contributed by atoms with E-state index in [-0.39, 0.29) is 21.6 Å². The molecule has 4 rings (SSSR count). The van der Waals surface area contributed by atoms with E-state index < -0.39 is 27.7 Å². The second-order valence-electron chi connectivity index (χ2n) is 8.68. The smallest absolute Gasteiger partial charge is 0.261 e. The van der Waals surface area contributed by atoms with Crippen molar-refractivity contribution >= 4 is 33.4 Å². The van der Waals surface area contributed by atoms with Crippen LogP contribution in [0, 0.1) is 11.8 Å². The summed E-state index contributed by atoms with van der Waals surface area (Å²) in [6, 6.07) is 10.4. The van der Waals surface area contributed by atoms with Gasteiger partial charge in [0.2, 0.25) is 10.0 Å². The zero-order chi connectivity index (χ0) is 23.2. The largest absolute Gasteiger partial charge is 0.322 e. The summed E-state index contributed by atoms with van der Waals surface area (Å²) in [5, 5.41) is 2.70. The van der Waals surface area contributed by atoms with Gasteiger partial charge in [0.1, 0.15) is 0 Å². The molecule has 2 atom stereocenters. The van der Waals surface area contributed by atoms with Crippen LogP contribution < -0.4 is 5.32 Å². The first-order chi connectivity index (χ1) is 15.1. The molecule has 1 saturated heterocycles. The van der Waals surface area contributed by atoms with Gasteiger partial charge in [0.15, 0.2) is 0 Å². The molecule has 168 valence electrons. The van der Waals surface area contributed by atoms with Gasteiger partial charge in [-0.25, -0.2) is 8.42 Å². The third kappa shape index (κ3) is 3.93. The molecule has 1 N–H and O–H groups in total. The average Bonchev–Trinajstić information content (AvgIpc) is 2.97. The van der Waals surface area contributed by atoms with Gasteiger partial charge < -0.3 is 5.32 Å². The van der Waals surface area contributed by atoms with Gasteiger partial charge in [0, 0.05) is 31.4 Å².